The van der Waals surface area contributed by atoms with E-state index in [1.807, 2.05) is 0 Å². The molecule has 7 heteroatoms. The molecular weight excluding hydrogens is 323 g/mol. The molecule has 1 aromatic heterocycles. The standard InChI is InChI=1S/C18H17FN4O2/c1-11-17(21-22-23(11)16-8-6-14(19)7-9-16)18(25)20-15-5-3-4-13(10-15)12(2)24/h3-10,12,24H,1-2H3,(H,20,25)/t12-/m1/s1. The highest BCUT2D eigenvalue weighted by Crippen LogP contribution is 2.19. The van der Waals surface area contributed by atoms with Gasteiger partial charge in [-0.3, -0.25) is 4.79 Å². The maximum absolute atomic E-state index is 13.0. The van der Waals surface area contributed by atoms with Gasteiger partial charge in [-0.05, 0) is 55.8 Å². The van der Waals surface area contributed by atoms with Crippen LogP contribution in [-0.4, -0.2) is 26.0 Å². The second-order valence-electron chi connectivity index (χ2n) is 5.67. The second-order valence-corrected chi connectivity index (χ2v) is 5.67. The van der Waals surface area contributed by atoms with Crippen molar-refractivity contribution in [2.24, 2.45) is 0 Å². The summed E-state index contributed by atoms with van der Waals surface area (Å²) in [6, 6.07) is 12.7. The molecule has 0 radical (unpaired) electrons. The Hall–Kier alpha value is -3.06. The van der Waals surface area contributed by atoms with E-state index in [-0.39, 0.29) is 11.5 Å². The summed E-state index contributed by atoms with van der Waals surface area (Å²) < 4.78 is 14.5. The fourth-order valence-electron chi connectivity index (χ4n) is 2.43. The highest BCUT2D eigenvalue weighted by Gasteiger charge is 2.18. The predicted molar refractivity (Wildman–Crippen MR) is 91.1 cm³/mol. The number of aliphatic hydroxyl groups is 1. The number of rotatable bonds is 4. The third kappa shape index (κ3) is 3.56. The first-order valence-corrected chi connectivity index (χ1v) is 7.73. The highest BCUT2D eigenvalue weighted by molar-refractivity contribution is 6.03. The van der Waals surface area contributed by atoms with E-state index in [1.165, 1.54) is 16.8 Å². The molecule has 128 valence electrons. The lowest BCUT2D eigenvalue weighted by atomic mass is 10.1. The van der Waals surface area contributed by atoms with Crippen molar-refractivity contribution in [2.45, 2.75) is 20.0 Å². The molecule has 0 aliphatic carbocycles. The average molecular weight is 340 g/mol. The number of anilines is 1. The van der Waals surface area contributed by atoms with Gasteiger partial charge >= 0.3 is 0 Å². The highest BCUT2D eigenvalue weighted by atomic mass is 19.1. The first kappa shape index (κ1) is 16.8. The monoisotopic (exact) mass is 340 g/mol. The second kappa shape index (κ2) is 6.82. The molecule has 0 bridgehead atoms. The Morgan fingerprint density at radius 1 is 1.24 bits per heavy atom. The number of aromatic nitrogens is 3. The summed E-state index contributed by atoms with van der Waals surface area (Å²) in [5.74, 6) is -0.758. The van der Waals surface area contributed by atoms with Crippen molar-refractivity contribution in [1.82, 2.24) is 15.0 Å². The number of hydrogen-bond acceptors (Lipinski definition) is 4. The van der Waals surface area contributed by atoms with Gasteiger partial charge in [0.1, 0.15) is 5.82 Å². The minimum atomic E-state index is -0.627. The lowest BCUT2D eigenvalue weighted by Crippen LogP contribution is -2.14. The van der Waals surface area contributed by atoms with Gasteiger partial charge in [-0.15, -0.1) is 5.10 Å². The Balaban J connectivity index is 1.84. The summed E-state index contributed by atoms with van der Waals surface area (Å²) in [6.45, 7) is 3.36. The van der Waals surface area contributed by atoms with Crippen LogP contribution in [0.2, 0.25) is 0 Å². The molecule has 0 aliphatic heterocycles. The van der Waals surface area contributed by atoms with Crippen molar-refractivity contribution in [2.75, 3.05) is 5.32 Å². The van der Waals surface area contributed by atoms with Gasteiger partial charge in [0.25, 0.3) is 5.91 Å². The largest absolute Gasteiger partial charge is 0.389 e. The van der Waals surface area contributed by atoms with Crippen LogP contribution < -0.4 is 5.32 Å². The van der Waals surface area contributed by atoms with Crippen LogP contribution in [0.4, 0.5) is 10.1 Å². The van der Waals surface area contributed by atoms with Gasteiger partial charge in [0, 0.05) is 5.69 Å². The van der Waals surface area contributed by atoms with Crippen LogP contribution in [0.25, 0.3) is 5.69 Å². The van der Waals surface area contributed by atoms with Gasteiger partial charge in [0.05, 0.1) is 17.5 Å². The minimum absolute atomic E-state index is 0.173. The van der Waals surface area contributed by atoms with Crippen LogP contribution in [0.3, 0.4) is 0 Å². The molecule has 25 heavy (non-hydrogen) atoms. The fraction of sp³-hybridized carbons (Fsp3) is 0.167. The van der Waals surface area contributed by atoms with Crippen molar-refractivity contribution in [1.29, 1.82) is 0 Å². The zero-order chi connectivity index (χ0) is 18.0. The molecule has 3 rings (SSSR count). The fourth-order valence-corrected chi connectivity index (χ4v) is 2.43. The normalized spacial score (nSPS) is 12.0. The summed E-state index contributed by atoms with van der Waals surface area (Å²) in [5, 5.41) is 20.3. The summed E-state index contributed by atoms with van der Waals surface area (Å²) in [4.78, 5) is 12.5. The van der Waals surface area contributed by atoms with E-state index in [9.17, 15) is 14.3 Å². The van der Waals surface area contributed by atoms with Crippen LogP contribution >= 0.6 is 0 Å². The van der Waals surface area contributed by atoms with Crippen molar-refractivity contribution < 1.29 is 14.3 Å². The van der Waals surface area contributed by atoms with E-state index in [1.54, 1.807) is 50.2 Å². The summed E-state index contributed by atoms with van der Waals surface area (Å²) in [5.41, 5.74) is 2.58. The molecule has 2 aromatic carbocycles. The summed E-state index contributed by atoms with van der Waals surface area (Å²) >= 11 is 0. The van der Waals surface area contributed by atoms with Gasteiger partial charge in [0.2, 0.25) is 0 Å². The summed E-state index contributed by atoms with van der Waals surface area (Å²) in [6.07, 6.45) is -0.627. The van der Waals surface area contributed by atoms with Gasteiger partial charge in [-0.25, -0.2) is 9.07 Å². The zero-order valence-electron chi connectivity index (χ0n) is 13.8. The zero-order valence-corrected chi connectivity index (χ0v) is 13.8. The molecule has 2 N–H and O–H groups in total. The number of carbonyl (C=O) groups is 1. The van der Waals surface area contributed by atoms with Crippen LogP contribution in [0.15, 0.2) is 48.5 Å². The van der Waals surface area contributed by atoms with E-state index in [4.69, 9.17) is 0 Å². The molecule has 0 saturated carbocycles. The number of carbonyl (C=O) groups excluding carboxylic acids is 1. The molecule has 0 saturated heterocycles. The van der Waals surface area contributed by atoms with Crippen molar-refractivity contribution >= 4 is 11.6 Å². The average Bonchev–Trinajstić information content (AvgIpc) is 2.97. The van der Waals surface area contributed by atoms with E-state index >= 15 is 0 Å². The molecular formula is C18H17FN4O2. The van der Waals surface area contributed by atoms with E-state index < -0.39 is 12.0 Å². The van der Waals surface area contributed by atoms with Crippen LogP contribution in [0.5, 0.6) is 0 Å². The molecule has 0 fully saturated rings. The maximum atomic E-state index is 13.0. The van der Waals surface area contributed by atoms with Crippen molar-refractivity contribution in [3.05, 3.63) is 71.3 Å². The van der Waals surface area contributed by atoms with Gasteiger partial charge in [-0.2, -0.15) is 0 Å². The van der Waals surface area contributed by atoms with Crippen LogP contribution in [-0.2, 0) is 0 Å². The molecule has 6 nitrogen and oxygen atoms in total. The molecule has 0 spiro atoms. The van der Waals surface area contributed by atoms with E-state index in [2.05, 4.69) is 15.6 Å². The molecule has 0 unspecified atom stereocenters. The number of nitrogens with zero attached hydrogens (tertiary/aromatic N) is 3. The molecule has 1 amide bonds. The number of aliphatic hydroxyl groups excluding tert-OH is 1. The third-order valence-electron chi connectivity index (χ3n) is 3.81. The number of nitrogens with one attached hydrogen (secondary N) is 1. The Labute approximate surface area is 143 Å². The minimum Gasteiger partial charge on any atom is -0.389 e. The first-order chi connectivity index (χ1) is 12.0. The Bertz CT molecular complexity index is 904. The Morgan fingerprint density at radius 3 is 2.64 bits per heavy atom. The number of halogens is 1. The van der Waals surface area contributed by atoms with Gasteiger partial charge in [-0.1, -0.05) is 17.3 Å². The third-order valence-corrected chi connectivity index (χ3v) is 3.81. The van der Waals surface area contributed by atoms with Gasteiger partial charge in [0.15, 0.2) is 5.69 Å². The SMILES string of the molecule is Cc1c(C(=O)Nc2cccc([C@@H](C)O)c2)nnn1-c1ccc(F)cc1. The van der Waals surface area contributed by atoms with Crippen LogP contribution in [0, 0.1) is 12.7 Å². The van der Waals surface area contributed by atoms with E-state index in [0.717, 1.165) is 0 Å². The molecule has 1 heterocycles. The number of hydrogen-bond donors (Lipinski definition) is 2. The van der Waals surface area contributed by atoms with E-state index in [0.29, 0.717) is 22.6 Å². The van der Waals surface area contributed by atoms with Gasteiger partial charge < -0.3 is 10.4 Å². The predicted octanol–water partition coefficient (Wildman–Crippen LogP) is 3.02. The van der Waals surface area contributed by atoms with Crippen molar-refractivity contribution in [3.63, 3.8) is 0 Å². The molecule has 1 atom stereocenters. The first-order valence-electron chi connectivity index (χ1n) is 7.73. The smallest absolute Gasteiger partial charge is 0.278 e. The maximum Gasteiger partial charge on any atom is 0.278 e. The topological polar surface area (TPSA) is 80.0 Å². The summed E-state index contributed by atoms with van der Waals surface area (Å²) in [7, 11) is 0. The Kier molecular flexibility index (Phi) is 4.58. The number of benzene rings is 2. The quantitative estimate of drug-likeness (QED) is 0.765. The lowest BCUT2D eigenvalue weighted by molar-refractivity contribution is 0.102. The molecule has 0 aliphatic rings. The van der Waals surface area contributed by atoms with Crippen LogP contribution in [0.1, 0.15) is 34.8 Å². The Morgan fingerprint density at radius 2 is 1.96 bits per heavy atom. The molecule has 3 aromatic rings. The number of amides is 1. The lowest BCUT2D eigenvalue weighted by Gasteiger charge is -2.08. The van der Waals surface area contributed by atoms with Crippen molar-refractivity contribution in [3.8, 4) is 5.69 Å².